The topological polar surface area (TPSA) is 42.2 Å². The number of benzene rings is 2. The van der Waals surface area contributed by atoms with Crippen LogP contribution < -0.4 is 9.47 Å². The van der Waals surface area contributed by atoms with Crippen LogP contribution in [0.15, 0.2) is 42.5 Å². The molecule has 0 N–H and O–H groups in total. The average Bonchev–Trinajstić information content (AvgIpc) is 2.93. The molecule has 92 valence electrons. The summed E-state index contributed by atoms with van der Waals surface area (Å²) >= 11 is 0. The lowest BCUT2D eigenvalue weighted by Gasteiger charge is -1.98. The molecule has 0 aromatic heterocycles. The molecule has 0 bridgehead atoms. The van der Waals surface area contributed by atoms with Crippen LogP contribution in [0.25, 0.3) is 12.2 Å². The molecule has 0 unspecified atom stereocenters. The van der Waals surface area contributed by atoms with Crippen LogP contribution in [0.2, 0.25) is 0 Å². The largest absolute Gasteiger partial charge is 0.454 e. The third kappa shape index (κ3) is 2.43. The second kappa shape index (κ2) is 4.87. The van der Waals surface area contributed by atoms with Crippen molar-refractivity contribution in [2.24, 2.45) is 0 Å². The van der Waals surface area contributed by atoms with Gasteiger partial charge < -0.3 is 9.47 Å². The van der Waals surface area contributed by atoms with Crippen molar-refractivity contribution in [2.45, 2.75) is 0 Å². The van der Waals surface area contributed by atoms with E-state index in [1.807, 2.05) is 42.5 Å². The third-order valence-corrected chi connectivity index (χ3v) is 2.90. The molecule has 0 amide bonds. The van der Waals surface area contributed by atoms with Gasteiger partial charge in [0, 0.05) is 0 Å². The Labute approximate surface area is 111 Å². The summed E-state index contributed by atoms with van der Waals surface area (Å²) in [5.41, 5.74) is 2.77. The highest BCUT2D eigenvalue weighted by atomic mass is 16.7. The normalized spacial score (nSPS) is 12.6. The van der Waals surface area contributed by atoms with Crippen LogP contribution >= 0.6 is 0 Å². The van der Waals surface area contributed by atoms with Crippen LogP contribution in [0.3, 0.4) is 0 Å². The van der Waals surface area contributed by atoms with Gasteiger partial charge in [-0.05, 0) is 35.4 Å². The van der Waals surface area contributed by atoms with Crippen LogP contribution in [0, 0.1) is 11.3 Å². The van der Waals surface area contributed by atoms with Crippen molar-refractivity contribution in [1.29, 1.82) is 5.26 Å². The first kappa shape index (κ1) is 11.4. The number of rotatable bonds is 2. The van der Waals surface area contributed by atoms with E-state index in [9.17, 15) is 0 Å². The fourth-order valence-electron chi connectivity index (χ4n) is 1.88. The van der Waals surface area contributed by atoms with E-state index in [0.29, 0.717) is 5.56 Å². The van der Waals surface area contributed by atoms with Gasteiger partial charge in [-0.25, -0.2) is 0 Å². The van der Waals surface area contributed by atoms with Crippen molar-refractivity contribution < 1.29 is 9.47 Å². The van der Waals surface area contributed by atoms with Gasteiger partial charge in [-0.3, -0.25) is 0 Å². The summed E-state index contributed by atoms with van der Waals surface area (Å²) in [5, 5.41) is 8.73. The summed E-state index contributed by atoms with van der Waals surface area (Å²) in [6.07, 6.45) is 4.00. The molecule has 2 aromatic rings. The van der Waals surface area contributed by atoms with Gasteiger partial charge in [-0.1, -0.05) is 30.4 Å². The molecule has 0 saturated carbocycles. The van der Waals surface area contributed by atoms with E-state index in [1.54, 1.807) is 12.1 Å². The minimum absolute atomic E-state index is 0.290. The molecule has 0 aliphatic carbocycles. The Morgan fingerprint density at radius 1 is 0.895 bits per heavy atom. The first-order valence-electron chi connectivity index (χ1n) is 5.93. The Kier molecular flexibility index (Phi) is 2.91. The first-order valence-corrected chi connectivity index (χ1v) is 5.93. The Hall–Kier alpha value is -2.73. The van der Waals surface area contributed by atoms with Crippen molar-refractivity contribution >= 4 is 12.2 Å². The summed E-state index contributed by atoms with van der Waals surface area (Å²) in [7, 11) is 0. The Morgan fingerprint density at radius 3 is 2.37 bits per heavy atom. The lowest BCUT2D eigenvalue weighted by molar-refractivity contribution is 0.174. The van der Waals surface area contributed by atoms with E-state index < -0.39 is 0 Å². The molecule has 3 rings (SSSR count). The van der Waals surface area contributed by atoms with Crippen LogP contribution in [-0.4, -0.2) is 6.79 Å². The number of nitrogens with zero attached hydrogens (tertiary/aromatic N) is 1. The van der Waals surface area contributed by atoms with Crippen LogP contribution in [-0.2, 0) is 0 Å². The van der Waals surface area contributed by atoms with Crippen molar-refractivity contribution in [3.05, 3.63) is 59.2 Å². The van der Waals surface area contributed by atoms with E-state index in [0.717, 1.165) is 22.6 Å². The molecule has 0 spiro atoms. The summed E-state index contributed by atoms with van der Waals surface area (Å²) in [5.74, 6) is 1.57. The zero-order chi connectivity index (χ0) is 13.1. The maximum absolute atomic E-state index is 8.73. The molecule has 0 atom stereocenters. The highest BCUT2D eigenvalue weighted by Gasteiger charge is 2.11. The average molecular weight is 249 g/mol. The van der Waals surface area contributed by atoms with Gasteiger partial charge in [0.2, 0.25) is 6.79 Å². The Morgan fingerprint density at radius 2 is 1.58 bits per heavy atom. The standard InChI is InChI=1S/C16H11NO2/c17-10-14-5-2-12(3-6-14)1-4-13-7-8-15-16(9-13)19-11-18-15/h1-9H,11H2/b4-1+. The number of fused-ring (bicyclic) bond motifs is 1. The molecule has 0 fully saturated rings. The summed E-state index contributed by atoms with van der Waals surface area (Å²) in [4.78, 5) is 0. The predicted octanol–water partition coefficient (Wildman–Crippen LogP) is 3.46. The molecule has 3 nitrogen and oxygen atoms in total. The fraction of sp³-hybridized carbons (Fsp3) is 0.0625. The highest BCUT2D eigenvalue weighted by molar-refractivity contribution is 5.71. The molecule has 19 heavy (non-hydrogen) atoms. The summed E-state index contributed by atoms with van der Waals surface area (Å²) in [6.45, 7) is 0.290. The third-order valence-electron chi connectivity index (χ3n) is 2.90. The van der Waals surface area contributed by atoms with Gasteiger partial charge in [0.1, 0.15) is 0 Å². The van der Waals surface area contributed by atoms with Crippen molar-refractivity contribution in [3.63, 3.8) is 0 Å². The second-order valence-electron chi connectivity index (χ2n) is 4.18. The Bertz CT molecular complexity index is 666. The first-order chi connectivity index (χ1) is 9.35. The van der Waals surface area contributed by atoms with Gasteiger partial charge >= 0.3 is 0 Å². The molecule has 1 heterocycles. The number of hydrogen-bond donors (Lipinski definition) is 0. The monoisotopic (exact) mass is 249 g/mol. The molecule has 3 heteroatoms. The van der Waals surface area contributed by atoms with E-state index in [2.05, 4.69) is 6.07 Å². The highest BCUT2D eigenvalue weighted by Crippen LogP contribution is 2.32. The van der Waals surface area contributed by atoms with E-state index in [1.165, 1.54) is 0 Å². The van der Waals surface area contributed by atoms with Gasteiger partial charge in [0.05, 0.1) is 11.6 Å². The molecule has 1 aliphatic rings. The molecule has 0 radical (unpaired) electrons. The van der Waals surface area contributed by atoms with Crippen molar-refractivity contribution in [1.82, 2.24) is 0 Å². The smallest absolute Gasteiger partial charge is 0.231 e. The predicted molar refractivity (Wildman–Crippen MR) is 72.7 cm³/mol. The minimum atomic E-state index is 0.290. The van der Waals surface area contributed by atoms with Gasteiger partial charge in [0.25, 0.3) is 0 Å². The van der Waals surface area contributed by atoms with Crippen molar-refractivity contribution in [2.75, 3.05) is 6.79 Å². The lowest BCUT2D eigenvalue weighted by Crippen LogP contribution is -1.92. The van der Waals surface area contributed by atoms with Crippen molar-refractivity contribution in [3.8, 4) is 17.6 Å². The van der Waals surface area contributed by atoms with Crippen LogP contribution in [0.1, 0.15) is 16.7 Å². The molecular formula is C16H11NO2. The number of nitriles is 1. The van der Waals surface area contributed by atoms with Gasteiger partial charge in [-0.15, -0.1) is 0 Å². The maximum Gasteiger partial charge on any atom is 0.231 e. The van der Waals surface area contributed by atoms with Crippen LogP contribution in [0.5, 0.6) is 11.5 Å². The maximum atomic E-state index is 8.73. The summed E-state index contributed by atoms with van der Waals surface area (Å²) < 4.78 is 10.6. The fourth-order valence-corrected chi connectivity index (χ4v) is 1.88. The zero-order valence-corrected chi connectivity index (χ0v) is 10.2. The van der Waals surface area contributed by atoms with E-state index >= 15 is 0 Å². The zero-order valence-electron chi connectivity index (χ0n) is 10.2. The summed E-state index contributed by atoms with van der Waals surface area (Å²) in [6, 6.07) is 15.4. The molecular weight excluding hydrogens is 238 g/mol. The van der Waals surface area contributed by atoms with E-state index in [4.69, 9.17) is 14.7 Å². The second-order valence-corrected chi connectivity index (χ2v) is 4.18. The van der Waals surface area contributed by atoms with Gasteiger partial charge in [-0.2, -0.15) is 5.26 Å². The van der Waals surface area contributed by atoms with Gasteiger partial charge in [0.15, 0.2) is 11.5 Å². The van der Waals surface area contributed by atoms with E-state index in [-0.39, 0.29) is 6.79 Å². The number of hydrogen-bond acceptors (Lipinski definition) is 3. The molecule has 1 aliphatic heterocycles. The molecule has 2 aromatic carbocycles. The minimum Gasteiger partial charge on any atom is -0.454 e. The quantitative estimate of drug-likeness (QED) is 0.765. The number of ether oxygens (including phenoxy) is 2. The van der Waals surface area contributed by atoms with Crippen LogP contribution in [0.4, 0.5) is 0 Å². The lowest BCUT2D eigenvalue weighted by atomic mass is 10.1. The Balaban J connectivity index is 1.80. The molecule has 0 saturated heterocycles. The SMILES string of the molecule is N#Cc1ccc(/C=C/c2ccc3c(c2)OCO3)cc1.